The molecule has 2 fully saturated rings. The molecule has 0 aliphatic heterocycles. The second-order valence-electron chi connectivity index (χ2n) is 7.89. The maximum absolute atomic E-state index is 13.1. The first kappa shape index (κ1) is 20.3. The average molecular weight is 417 g/mol. The highest BCUT2D eigenvalue weighted by Gasteiger charge is 2.52. The van der Waals surface area contributed by atoms with Crippen molar-refractivity contribution in [3.8, 4) is 0 Å². The Labute approximate surface area is 172 Å². The van der Waals surface area contributed by atoms with E-state index in [0.29, 0.717) is 18.5 Å². The summed E-state index contributed by atoms with van der Waals surface area (Å²) in [5, 5.41) is 8.50. The summed E-state index contributed by atoms with van der Waals surface area (Å²) in [4.78, 5) is 24.4. The third kappa shape index (κ3) is 4.58. The highest BCUT2D eigenvalue weighted by atomic mass is 19.4. The minimum absolute atomic E-state index is 0.0202. The van der Waals surface area contributed by atoms with Crippen LogP contribution in [0.5, 0.6) is 0 Å². The zero-order valence-electron chi connectivity index (χ0n) is 16.2. The average Bonchev–Trinajstić information content (AvgIpc) is 3.61. The predicted molar refractivity (Wildman–Crippen MR) is 106 cm³/mol. The molecule has 0 spiro atoms. The molecule has 0 aromatic heterocycles. The van der Waals surface area contributed by atoms with E-state index in [4.69, 9.17) is 0 Å². The van der Waals surface area contributed by atoms with E-state index >= 15 is 0 Å². The number of hydrogen-bond donors (Lipinski definition) is 3. The van der Waals surface area contributed by atoms with Gasteiger partial charge in [-0.15, -0.1) is 0 Å². The maximum atomic E-state index is 13.1. The standard InChI is InChI=1S/C22H22F3N3O2/c23-22(24,25)17-3-1-2-4-18(17)27-16-9-5-14(6-10-16)13-26-20(30)21(11-12-21)28-19(29)15-7-8-15/h1-6,9-10,15,27H,7-8,11-13H2,(H,26,30)(H,28,29). The van der Waals surface area contributed by atoms with Crippen LogP contribution in [0.4, 0.5) is 24.5 Å². The molecule has 0 atom stereocenters. The van der Waals surface area contributed by atoms with E-state index in [1.165, 1.54) is 18.2 Å². The molecule has 158 valence electrons. The first-order chi connectivity index (χ1) is 14.3. The van der Waals surface area contributed by atoms with E-state index in [1.807, 2.05) is 0 Å². The van der Waals surface area contributed by atoms with Crippen molar-refractivity contribution in [3.05, 3.63) is 59.7 Å². The summed E-state index contributed by atoms with van der Waals surface area (Å²) in [6.07, 6.45) is -1.40. The zero-order valence-corrected chi connectivity index (χ0v) is 16.2. The molecule has 2 aliphatic rings. The fourth-order valence-electron chi connectivity index (χ4n) is 3.27. The monoisotopic (exact) mass is 417 g/mol. The lowest BCUT2D eigenvalue weighted by molar-refractivity contribution is -0.137. The van der Waals surface area contributed by atoms with Gasteiger partial charge in [0.05, 0.1) is 11.3 Å². The Morgan fingerprint density at radius 3 is 2.27 bits per heavy atom. The van der Waals surface area contributed by atoms with E-state index in [1.54, 1.807) is 24.3 Å². The summed E-state index contributed by atoms with van der Waals surface area (Å²) in [7, 11) is 0. The number of halogens is 3. The molecule has 2 aliphatic carbocycles. The molecule has 5 nitrogen and oxygen atoms in total. The van der Waals surface area contributed by atoms with Crippen molar-refractivity contribution in [2.75, 3.05) is 5.32 Å². The Morgan fingerprint density at radius 1 is 1.00 bits per heavy atom. The van der Waals surface area contributed by atoms with Gasteiger partial charge >= 0.3 is 6.18 Å². The largest absolute Gasteiger partial charge is 0.418 e. The van der Waals surface area contributed by atoms with Crippen LogP contribution in [0.15, 0.2) is 48.5 Å². The lowest BCUT2D eigenvalue weighted by Gasteiger charge is -2.17. The molecule has 0 heterocycles. The molecule has 2 aromatic rings. The van der Waals surface area contributed by atoms with Crippen molar-refractivity contribution in [3.63, 3.8) is 0 Å². The van der Waals surface area contributed by atoms with Crippen LogP contribution in [0.1, 0.15) is 36.8 Å². The van der Waals surface area contributed by atoms with Crippen molar-refractivity contribution >= 4 is 23.2 Å². The van der Waals surface area contributed by atoms with Gasteiger partial charge in [0.1, 0.15) is 5.54 Å². The first-order valence-electron chi connectivity index (χ1n) is 9.89. The molecule has 2 saturated carbocycles. The Balaban J connectivity index is 1.33. The fraction of sp³-hybridized carbons (Fsp3) is 0.364. The Morgan fingerprint density at radius 2 is 1.67 bits per heavy atom. The summed E-state index contributed by atoms with van der Waals surface area (Å²) in [6, 6.07) is 12.1. The van der Waals surface area contributed by atoms with Gasteiger partial charge in [-0.3, -0.25) is 9.59 Å². The number of hydrogen-bond acceptors (Lipinski definition) is 3. The minimum atomic E-state index is -4.44. The molecule has 2 amide bonds. The molecule has 4 rings (SSSR count). The molecule has 0 saturated heterocycles. The highest BCUT2D eigenvalue weighted by Crippen LogP contribution is 2.38. The van der Waals surface area contributed by atoms with Crippen molar-refractivity contribution in [2.45, 2.75) is 43.9 Å². The number of carbonyl (C=O) groups excluding carboxylic acids is 2. The van der Waals surface area contributed by atoms with E-state index in [9.17, 15) is 22.8 Å². The number of carbonyl (C=O) groups is 2. The van der Waals surface area contributed by atoms with Crippen LogP contribution in [-0.4, -0.2) is 17.4 Å². The minimum Gasteiger partial charge on any atom is -0.355 e. The van der Waals surface area contributed by atoms with Gasteiger partial charge in [-0.25, -0.2) is 0 Å². The molecule has 30 heavy (non-hydrogen) atoms. The third-order valence-electron chi connectivity index (χ3n) is 5.41. The number of benzene rings is 2. The lowest BCUT2D eigenvalue weighted by Crippen LogP contribution is -2.49. The van der Waals surface area contributed by atoms with Crippen molar-refractivity contribution in [2.24, 2.45) is 5.92 Å². The van der Waals surface area contributed by atoms with E-state index in [2.05, 4.69) is 16.0 Å². The van der Waals surface area contributed by atoms with Gasteiger partial charge in [-0.1, -0.05) is 24.3 Å². The number of rotatable bonds is 7. The van der Waals surface area contributed by atoms with Gasteiger partial charge in [0.25, 0.3) is 0 Å². The van der Waals surface area contributed by atoms with Gasteiger partial charge < -0.3 is 16.0 Å². The summed E-state index contributed by atoms with van der Waals surface area (Å²) in [5.41, 5.74) is -0.209. The number of nitrogens with one attached hydrogen (secondary N) is 3. The number of alkyl halides is 3. The maximum Gasteiger partial charge on any atom is 0.418 e. The van der Waals surface area contributed by atoms with Gasteiger partial charge in [-0.2, -0.15) is 13.2 Å². The molecular weight excluding hydrogens is 395 g/mol. The van der Waals surface area contributed by atoms with Crippen LogP contribution < -0.4 is 16.0 Å². The second kappa shape index (κ2) is 7.66. The van der Waals surface area contributed by atoms with Crippen LogP contribution in [-0.2, 0) is 22.3 Å². The smallest absolute Gasteiger partial charge is 0.355 e. The van der Waals surface area contributed by atoms with Crippen LogP contribution in [0.25, 0.3) is 0 Å². The number of anilines is 2. The quantitative estimate of drug-likeness (QED) is 0.635. The van der Waals surface area contributed by atoms with Crippen molar-refractivity contribution in [1.82, 2.24) is 10.6 Å². The topological polar surface area (TPSA) is 70.2 Å². The zero-order chi connectivity index (χ0) is 21.4. The SMILES string of the molecule is O=C(NC1(C(=O)NCc2ccc(Nc3ccccc3C(F)(F)F)cc2)CC1)C1CC1. The summed E-state index contributed by atoms with van der Waals surface area (Å²) in [6.45, 7) is 0.277. The van der Waals surface area contributed by atoms with Gasteiger partial charge in [0.15, 0.2) is 0 Å². The fourth-order valence-corrected chi connectivity index (χ4v) is 3.27. The normalized spacial score (nSPS) is 17.2. The Hall–Kier alpha value is -3.03. The second-order valence-corrected chi connectivity index (χ2v) is 7.89. The van der Waals surface area contributed by atoms with E-state index in [0.717, 1.165) is 24.5 Å². The van der Waals surface area contributed by atoms with Crippen LogP contribution in [0.3, 0.4) is 0 Å². The molecule has 0 bridgehead atoms. The summed E-state index contributed by atoms with van der Waals surface area (Å²) < 4.78 is 39.3. The van der Waals surface area contributed by atoms with E-state index in [-0.39, 0.29) is 30.0 Å². The molecule has 0 radical (unpaired) electrons. The Bertz CT molecular complexity index is 949. The van der Waals surface area contributed by atoms with Crippen molar-refractivity contribution in [1.29, 1.82) is 0 Å². The molecule has 0 unspecified atom stereocenters. The summed E-state index contributed by atoms with van der Waals surface area (Å²) >= 11 is 0. The highest BCUT2D eigenvalue weighted by molar-refractivity contribution is 5.95. The molecule has 8 heteroatoms. The molecular formula is C22H22F3N3O2. The van der Waals surface area contributed by atoms with Crippen molar-refractivity contribution < 1.29 is 22.8 Å². The van der Waals surface area contributed by atoms with Gasteiger partial charge in [-0.05, 0) is 55.5 Å². The van der Waals surface area contributed by atoms with Gasteiger partial charge in [0, 0.05) is 18.2 Å². The first-order valence-corrected chi connectivity index (χ1v) is 9.89. The summed E-state index contributed by atoms with van der Waals surface area (Å²) in [5.74, 6) is -0.187. The van der Waals surface area contributed by atoms with Crippen LogP contribution in [0, 0.1) is 5.92 Å². The molecule has 3 N–H and O–H groups in total. The number of para-hydroxylation sites is 1. The molecule has 2 aromatic carbocycles. The van der Waals surface area contributed by atoms with Gasteiger partial charge in [0.2, 0.25) is 11.8 Å². The van der Waals surface area contributed by atoms with Crippen LogP contribution >= 0.6 is 0 Å². The Kier molecular flexibility index (Phi) is 5.17. The number of amides is 2. The third-order valence-corrected chi connectivity index (χ3v) is 5.41. The van der Waals surface area contributed by atoms with Crippen LogP contribution in [0.2, 0.25) is 0 Å². The van der Waals surface area contributed by atoms with E-state index < -0.39 is 17.3 Å². The predicted octanol–water partition coefficient (Wildman–Crippen LogP) is 4.12. The lowest BCUT2D eigenvalue weighted by atomic mass is 10.1.